The van der Waals surface area contributed by atoms with Gasteiger partial charge in [-0.05, 0) is 13.1 Å². The zero-order valence-corrected chi connectivity index (χ0v) is 10.6. The molecule has 0 atom stereocenters. The maximum Gasteiger partial charge on any atom is 0.329 e. The van der Waals surface area contributed by atoms with Crippen LogP contribution >= 0.6 is 0 Å². The topological polar surface area (TPSA) is 110 Å². The highest BCUT2D eigenvalue weighted by Crippen LogP contribution is 2.20. The van der Waals surface area contributed by atoms with Crippen molar-refractivity contribution < 1.29 is 4.92 Å². The van der Waals surface area contributed by atoms with Crippen LogP contribution in [0, 0.1) is 10.1 Å². The van der Waals surface area contributed by atoms with Gasteiger partial charge in [0.2, 0.25) is 11.8 Å². The van der Waals surface area contributed by atoms with Crippen molar-refractivity contribution in [2.45, 2.75) is 13.8 Å². The zero-order valence-electron chi connectivity index (χ0n) is 10.6. The van der Waals surface area contributed by atoms with Crippen molar-refractivity contribution >= 4 is 17.5 Å². The van der Waals surface area contributed by atoms with Crippen LogP contribution in [0.2, 0.25) is 0 Å². The number of nitrogens with zero attached hydrogens (tertiary/aromatic N) is 4. The van der Waals surface area contributed by atoms with E-state index >= 15 is 0 Å². The molecule has 0 amide bonds. The molecule has 0 aliphatic carbocycles. The van der Waals surface area contributed by atoms with E-state index in [1.165, 1.54) is 0 Å². The van der Waals surface area contributed by atoms with Gasteiger partial charge in [-0.2, -0.15) is 4.98 Å². The van der Waals surface area contributed by atoms with Gasteiger partial charge < -0.3 is 16.0 Å². The van der Waals surface area contributed by atoms with Gasteiger partial charge in [0.15, 0.2) is 0 Å². The van der Waals surface area contributed by atoms with E-state index in [9.17, 15) is 10.1 Å². The molecule has 0 fully saturated rings. The highest BCUT2D eigenvalue weighted by molar-refractivity contribution is 5.56. The Morgan fingerprint density at radius 2 is 2.17 bits per heavy atom. The molecular weight excluding hydrogens is 236 g/mol. The lowest BCUT2D eigenvalue weighted by Crippen LogP contribution is -2.29. The molecule has 0 saturated carbocycles. The minimum absolute atomic E-state index is 0.0194. The summed E-state index contributed by atoms with van der Waals surface area (Å²) in [5.74, 6) is 0.186. The minimum atomic E-state index is -0.529. The number of nitrogen functional groups attached to an aromatic ring is 1. The Kier molecular flexibility index (Phi) is 5.25. The summed E-state index contributed by atoms with van der Waals surface area (Å²) >= 11 is 0. The van der Waals surface area contributed by atoms with E-state index in [0.717, 1.165) is 25.8 Å². The fourth-order valence-corrected chi connectivity index (χ4v) is 1.53. The van der Waals surface area contributed by atoms with Gasteiger partial charge >= 0.3 is 5.69 Å². The Morgan fingerprint density at radius 3 is 2.72 bits per heavy atom. The molecule has 0 unspecified atom stereocenters. The lowest BCUT2D eigenvalue weighted by molar-refractivity contribution is -0.384. The smallest absolute Gasteiger partial charge is 0.329 e. The number of nitrogens with one attached hydrogen (secondary N) is 1. The lowest BCUT2D eigenvalue weighted by atomic mass is 10.4. The Bertz CT molecular complexity index is 407. The number of hydrogen-bond acceptors (Lipinski definition) is 7. The third-order valence-electron chi connectivity index (χ3n) is 2.60. The van der Waals surface area contributed by atoms with E-state index in [4.69, 9.17) is 5.73 Å². The van der Waals surface area contributed by atoms with Crippen molar-refractivity contribution in [2.75, 3.05) is 37.2 Å². The first-order chi connectivity index (χ1) is 8.58. The summed E-state index contributed by atoms with van der Waals surface area (Å²) in [6.07, 6.45) is 1.11. The molecule has 0 aliphatic rings. The van der Waals surface area contributed by atoms with Gasteiger partial charge in [0.25, 0.3) is 0 Å². The van der Waals surface area contributed by atoms with Gasteiger partial charge in [-0.1, -0.05) is 13.8 Å². The summed E-state index contributed by atoms with van der Waals surface area (Å²) in [6.45, 7) is 7.36. The minimum Gasteiger partial charge on any atom is -0.368 e. The number of likely N-dealkylation sites (N-methyl/N-ethyl adjacent to an activating group) is 1. The van der Waals surface area contributed by atoms with Crippen LogP contribution in [-0.4, -0.2) is 46.0 Å². The second-order valence-corrected chi connectivity index (χ2v) is 3.67. The summed E-state index contributed by atoms with van der Waals surface area (Å²) in [6, 6.07) is 0. The van der Waals surface area contributed by atoms with Gasteiger partial charge in [-0.25, -0.2) is 4.98 Å². The van der Waals surface area contributed by atoms with Crippen LogP contribution in [0.4, 0.5) is 17.5 Å². The summed E-state index contributed by atoms with van der Waals surface area (Å²) in [5.41, 5.74) is 5.25. The Balaban J connectivity index is 2.66. The number of hydrogen-bond donors (Lipinski definition) is 2. The predicted octanol–water partition coefficient (Wildman–Crippen LogP) is 0.721. The average molecular weight is 254 g/mol. The Hall–Kier alpha value is -1.96. The van der Waals surface area contributed by atoms with Gasteiger partial charge in [0, 0.05) is 13.1 Å². The van der Waals surface area contributed by atoms with E-state index in [1.807, 2.05) is 0 Å². The van der Waals surface area contributed by atoms with Crippen LogP contribution in [0.25, 0.3) is 0 Å². The summed E-state index contributed by atoms with van der Waals surface area (Å²) in [7, 11) is 0. The van der Waals surface area contributed by atoms with Crippen molar-refractivity contribution in [1.82, 2.24) is 14.9 Å². The molecule has 0 aliphatic heterocycles. The predicted molar refractivity (Wildman–Crippen MR) is 69.4 cm³/mol. The van der Waals surface area contributed by atoms with Crippen LogP contribution < -0.4 is 11.1 Å². The summed E-state index contributed by atoms with van der Waals surface area (Å²) < 4.78 is 0. The molecule has 1 heterocycles. The number of nitrogens with two attached hydrogens (primary N) is 1. The highest BCUT2D eigenvalue weighted by Gasteiger charge is 2.16. The third-order valence-corrected chi connectivity index (χ3v) is 2.60. The second-order valence-electron chi connectivity index (χ2n) is 3.67. The van der Waals surface area contributed by atoms with E-state index in [-0.39, 0.29) is 17.5 Å². The first kappa shape index (κ1) is 14.1. The van der Waals surface area contributed by atoms with Crippen molar-refractivity contribution in [1.29, 1.82) is 0 Å². The van der Waals surface area contributed by atoms with Gasteiger partial charge in [-0.3, -0.25) is 10.1 Å². The lowest BCUT2D eigenvalue weighted by Gasteiger charge is -2.18. The maximum atomic E-state index is 10.8. The summed E-state index contributed by atoms with van der Waals surface area (Å²) in [5, 5.41) is 13.7. The Morgan fingerprint density at radius 1 is 1.50 bits per heavy atom. The van der Waals surface area contributed by atoms with Crippen molar-refractivity contribution in [3.8, 4) is 0 Å². The molecule has 18 heavy (non-hydrogen) atoms. The average Bonchev–Trinajstić information content (AvgIpc) is 2.34. The monoisotopic (exact) mass is 254 g/mol. The molecule has 1 rings (SSSR count). The number of anilines is 2. The molecule has 0 spiro atoms. The first-order valence-corrected chi connectivity index (χ1v) is 5.81. The van der Waals surface area contributed by atoms with Crippen LogP contribution in [0.1, 0.15) is 13.8 Å². The first-order valence-electron chi connectivity index (χ1n) is 5.81. The second kappa shape index (κ2) is 6.70. The molecule has 100 valence electrons. The SMILES string of the molecule is CCN(CC)CCNc1nc(N)ncc1[N+](=O)[O-]. The van der Waals surface area contributed by atoms with Crippen molar-refractivity contribution in [3.05, 3.63) is 16.3 Å². The fraction of sp³-hybridized carbons (Fsp3) is 0.600. The summed E-state index contributed by atoms with van der Waals surface area (Å²) in [4.78, 5) is 19.9. The molecular formula is C10H18N6O2. The number of rotatable bonds is 7. The number of aromatic nitrogens is 2. The maximum absolute atomic E-state index is 10.8. The molecule has 0 radical (unpaired) electrons. The van der Waals surface area contributed by atoms with Gasteiger partial charge in [-0.15, -0.1) is 0 Å². The van der Waals surface area contributed by atoms with Crippen molar-refractivity contribution in [2.24, 2.45) is 0 Å². The quantitative estimate of drug-likeness (QED) is 0.544. The third kappa shape index (κ3) is 3.81. The van der Waals surface area contributed by atoms with Gasteiger partial charge in [0.05, 0.1) is 4.92 Å². The van der Waals surface area contributed by atoms with Gasteiger partial charge in [0.1, 0.15) is 6.20 Å². The van der Waals surface area contributed by atoms with E-state index in [0.29, 0.717) is 6.54 Å². The molecule has 1 aromatic heterocycles. The fourth-order valence-electron chi connectivity index (χ4n) is 1.53. The number of nitro groups is 1. The van der Waals surface area contributed by atoms with Crippen LogP contribution in [0.5, 0.6) is 0 Å². The molecule has 0 saturated heterocycles. The van der Waals surface area contributed by atoms with Crippen LogP contribution in [-0.2, 0) is 0 Å². The largest absolute Gasteiger partial charge is 0.368 e. The van der Waals surface area contributed by atoms with Crippen LogP contribution in [0.15, 0.2) is 6.20 Å². The normalized spacial score (nSPS) is 10.6. The standard InChI is InChI=1S/C10H18N6O2/c1-3-15(4-2)6-5-12-9-8(16(17)18)7-13-10(11)14-9/h7H,3-6H2,1-2H3,(H3,11,12,13,14). The van der Waals surface area contributed by atoms with Crippen LogP contribution in [0.3, 0.4) is 0 Å². The van der Waals surface area contributed by atoms with Crippen molar-refractivity contribution in [3.63, 3.8) is 0 Å². The Labute approximate surface area is 105 Å². The molecule has 0 bridgehead atoms. The molecule has 1 aromatic rings. The zero-order chi connectivity index (χ0) is 13.5. The van der Waals surface area contributed by atoms with E-state index in [2.05, 4.69) is 34.0 Å². The highest BCUT2D eigenvalue weighted by atomic mass is 16.6. The van der Waals surface area contributed by atoms with E-state index in [1.54, 1.807) is 0 Å². The molecule has 8 nitrogen and oxygen atoms in total. The molecule has 8 heteroatoms. The van der Waals surface area contributed by atoms with E-state index < -0.39 is 4.92 Å². The molecule has 0 aromatic carbocycles. The molecule has 3 N–H and O–H groups in total.